The number of benzene rings is 1. The van der Waals surface area contributed by atoms with Gasteiger partial charge in [0.2, 0.25) is 0 Å². The van der Waals surface area contributed by atoms with E-state index in [1.165, 1.54) is 6.07 Å². The second kappa shape index (κ2) is 3.30. The van der Waals surface area contributed by atoms with Crippen molar-refractivity contribution in [3.8, 4) is 0 Å². The van der Waals surface area contributed by atoms with Crippen LogP contribution in [0.25, 0.3) is 11.0 Å². The van der Waals surface area contributed by atoms with Crippen LogP contribution < -0.4 is 0 Å². The standard InChI is InChI=1S/C6H2Cl2N2O2S2/c7-3-1-2-4-5(10-13-9-4)6(3)14(8,11)12/h1-2H. The molecule has 0 saturated heterocycles. The van der Waals surface area contributed by atoms with Crippen molar-refractivity contribution in [3.05, 3.63) is 17.2 Å². The number of fused-ring (bicyclic) bond motifs is 1. The Labute approximate surface area is 93.2 Å². The summed E-state index contributed by atoms with van der Waals surface area (Å²) in [7, 11) is 1.34. The van der Waals surface area contributed by atoms with Crippen molar-refractivity contribution in [2.24, 2.45) is 0 Å². The smallest absolute Gasteiger partial charge is 0.207 e. The lowest BCUT2D eigenvalue weighted by Gasteiger charge is -1.98. The highest BCUT2D eigenvalue weighted by Gasteiger charge is 2.20. The van der Waals surface area contributed by atoms with Crippen LogP contribution in [0, 0.1) is 0 Å². The molecule has 0 bridgehead atoms. The second-order valence-corrected chi connectivity index (χ2v) is 5.88. The Balaban J connectivity index is 2.98. The van der Waals surface area contributed by atoms with Crippen LogP contribution in [0.5, 0.6) is 0 Å². The Morgan fingerprint density at radius 1 is 1.29 bits per heavy atom. The third kappa shape index (κ3) is 1.58. The van der Waals surface area contributed by atoms with Gasteiger partial charge < -0.3 is 0 Å². The highest BCUT2D eigenvalue weighted by Crippen LogP contribution is 2.31. The number of hydrogen-bond acceptors (Lipinski definition) is 5. The predicted octanol–water partition coefficient (Wildman–Crippen LogP) is 2.27. The number of nitrogens with zero attached hydrogens (tertiary/aromatic N) is 2. The molecule has 0 unspecified atom stereocenters. The molecule has 0 aliphatic carbocycles. The van der Waals surface area contributed by atoms with Crippen molar-refractivity contribution in [2.45, 2.75) is 4.90 Å². The number of halogens is 2. The molecule has 0 aliphatic rings. The normalized spacial score (nSPS) is 12.1. The SMILES string of the molecule is O=S(=O)(Cl)c1c(Cl)ccc2nsnc12. The molecule has 0 saturated carbocycles. The summed E-state index contributed by atoms with van der Waals surface area (Å²) in [6, 6.07) is 3.02. The highest BCUT2D eigenvalue weighted by atomic mass is 35.7. The first-order valence-electron chi connectivity index (χ1n) is 3.35. The van der Waals surface area contributed by atoms with Crippen LogP contribution >= 0.6 is 34.0 Å². The quantitative estimate of drug-likeness (QED) is 0.745. The first kappa shape index (κ1) is 10.1. The van der Waals surface area contributed by atoms with Crippen molar-refractivity contribution < 1.29 is 8.42 Å². The minimum atomic E-state index is -3.89. The fourth-order valence-corrected chi connectivity index (χ4v) is 3.36. The molecule has 0 N–H and O–H groups in total. The summed E-state index contributed by atoms with van der Waals surface area (Å²) < 4.78 is 30.1. The molecule has 0 aliphatic heterocycles. The van der Waals surface area contributed by atoms with E-state index >= 15 is 0 Å². The zero-order valence-electron chi connectivity index (χ0n) is 6.44. The summed E-state index contributed by atoms with van der Waals surface area (Å²) in [6.45, 7) is 0. The van der Waals surface area contributed by atoms with Crippen LogP contribution in [0.15, 0.2) is 17.0 Å². The lowest BCUT2D eigenvalue weighted by molar-refractivity contribution is 0.610. The molecule has 74 valence electrons. The Morgan fingerprint density at radius 3 is 2.64 bits per heavy atom. The molecule has 4 nitrogen and oxygen atoms in total. The minimum absolute atomic E-state index is 0.0557. The van der Waals surface area contributed by atoms with Crippen LogP contribution in [0.4, 0.5) is 0 Å². The van der Waals surface area contributed by atoms with E-state index in [9.17, 15) is 8.42 Å². The Hall–Kier alpha value is -0.430. The van der Waals surface area contributed by atoms with E-state index in [-0.39, 0.29) is 15.4 Å². The molecular formula is C6H2Cl2N2O2S2. The summed E-state index contributed by atoms with van der Waals surface area (Å²) >= 11 is 6.63. The van der Waals surface area contributed by atoms with Crippen LogP contribution in [0.2, 0.25) is 5.02 Å². The summed E-state index contributed by atoms with van der Waals surface area (Å²) in [5.74, 6) is 0. The molecule has 14 heavy (non-hydrogen) atoms. The van der Waals surface area contributed by atoms with E-state index in [1.807, 2.05) is 0 Å². The fourth-order valence-electron chi connectivity index (χ4n) is 1.04. The average Bonchev–Trinajstić information content (AvgIpc) is 2.48. The van der Waals surface area contributed by atoms with Gasteiger partial charge in [-0.2, -0.15) is 8.75 Å². The largest absolute Gasteiger partial charge is 0.265 e. The predicted molar refractivity (Wildman–Crippen MR) is 55.5 cm³/mol. The molecule has 0 fully saturated rings. The monoisotopic (exact) mass is 268 g/mol. The molecule has 2 aromatic rings. The van der Waals surface area contributed by atoms with Gasteiger partial charge >= 0.3 is 0 Å². The fraction of sp³-hybridized carbons (Fsp3) is 0. The van der Waals surface area contributed by atoms with Crippen molar-refractivity contribution >= 4 is 54.1 Å². The number of rotatable bonds is 1. The molecule has 0 radical (unpaired) electrons. The maximum atomic E-state index is 11.2. The van der Waals surface area contributed by atoms with Gasteiger partial charge in [-0.05, 0) is 12.1 Å². The van der Waals surface area contributed by atoms with Crippen LogP contribution in [-0.4, -0.2) is 17.2 Å². The third-order valence-electron chi connectivity index (χ3n) is 1.58. The van der Waals surface area contributed by atoms with Crippen LogP contribution in [-0.2, 0) is 9.05 Å². The third-order valence-corrected chi connectivity index (χ3v) is 3.91. The Morgan fingerprint density at radius 2 is 2.00 bits per heavy atom. The van der Waals surface area contributed by atoms with Gasteiger partial charge in [0.25, 0.3) is 9.05 Å². The molecule has 0 amide bonds. The molecule has 1 heterocycles. The van der Waals surface area contributed by atoms with Crippen molar-refractivity contribution in [2.75, 3.05) is 0 Å². The van der Waals surface area contributed by atoms with Crippen molar-refractivity contribution in [3.63, 3.8) is 0 Å². The summed E-state index contributed by atoms with van der Waals surface area (Å²) in [5.41, 5.74) is 0.691. The minimum Gasteiger partial charge on any atom is -0.207 e. The van der Waals surface area contributed by atoms with E-state index < -0.39 is 9.05 Å². The molecule has 8 heteroatoms. The second-order valence-electron chi connectivity index (χ2n) is 2.45. The van der Waals surface area contributed by atoms with Gasteiger partial charge in [0.05, 0.1) is 16.8 Å². The first-order chi connectivity index (χ1) is 6.50. The van der Waals surface area contributed by atoms with E-state index in [2.05, 4.69) is 8.75 Å². The summed E-state index contributed by atoms with van der Waals surface area (Å²) in [4.78, 5) is -0.174. The van der Waals surface area contributed by atoms with E-state index in [1.54, 1.807) is 6.07 Å². The maximum Gasteiger partial charge on any atom is 0.265 e. The zero-order valence-corrected chi connectivity index (χ0v) is 9.58. The van der Waals surface area contributed by atoms with Crippen molar-refractivity contribution in [1.29, 1.82) is 0 Å². The molecule has 0 atom stereocenters. The summed E-state index contributed by atoms with van der Waals surface area (Å²) in [6.07, 6.45) is 0. The lowest BCUT2D eigenvalue weighted by Crippen LogP contribution is -1.93. The van der Waals surface area contributed by atoms with Crippen LogP contribution in [0.3, 0.4) is 0 Å². The van der Waals surface area contributed by atoms with E-state index in [4.69, 9.17) is 22.3 Å². The topological polar surface area (TPSA) is 59.9 Å². The molecule has 1 aromatic heterocycles. The van der Waals surface area contributed by atoms with Crippen molar-refractivity contribution in [1.82, 2.24) is 8.75 Å². The zero-order chi connectivity index (χ0) is 10.3. The molecule has 0 spiro atoms. The van der Waals surface area contributed by atoms with Gasteiger partial charge in [-0.3, -0.25) is 0 Å². The van der Waals surface area contributed by atoms with Gasteiger partial charge in [0, 0.05) is 10.7 Å². The van der Waals surface area contributed by atoms with Crippen LogP contribution in [0.1, 0.15) is 0 Å². The Kier molecular flexibility index (Phi) is 2.38. The van der Waals surface area contributed by atoms with Gasteiger partial charge in [-0.1, -0.05) is 11.6 Å². The van der Waals surface area contributed by atoms with Gasteiger partial charge in [0.1, 0.15) is 15.9 Å². The maximum absolute atomic E-state index is 11.2. The van der Waals surface area contributed by atoms with Gasteiger partial charge in [0.15, 0.2) is 0 Å². The highest BCUT2D eigenvalue weighted by molar-refractivity contribution is 8.14. The first-order valence-corrected chi connectivity index (χ1v) is 6.77. The number of aromatic nitrogens is 2. The van der Waals surface area contributed by atoms with E-state index in [0.29, 0.717) is 5.52 Å². The number of hydrogen-bond donors (Lipinski definition) is 0. The molecular weight excluding hydrogens is 267 g/mol. The van der Waals surface area contributed by atoms with Gasteiger partial charge in [-0.15, -0.1) is 0 Å². The molecule has 1 aromatic carbocycles. The van der Waals surface area contributed by atoms with Gasteiger partial charge in [-0.25, -0.2) is 8.42 Å². The summed E-state index contributed by atoms with van der Waals surface area (Å²) in [5, 5.41) is 0.0557. The Bertz CT molecular complexity index is 593. The van der Waals surface area contributed by atoms with E-state index in [0.717, 1.165) is 11.7 Å². The molecule has 2 rings (SSSR count). The lowest BCUT2D eigenvalue weighted by atomic mass is 10.3. The average molecular weight is 269 g/mol.